The van der Waals surface area contributed by atoms with Crippen molar-refractivity contribution in [2.75, 3.05) is 19.0 Å². The summed E-state index contributed by atoms with van der Waals surface area (Å²) in [7, 11) is 1.57. The van der Waals surface area contributed by atoms with Crippen LogP contribution in [0.5, 0.6) is 5.75 Å². The number of rotatable bonds is 6. The summed E-state index contributed by atoms with van der Waals surface area (Å²) in [6.07, 6.45) is 3.81. The predicted molar refractivity (Wildman–Crippen MR) is 85.9 cm³/mol. The quantitative estimate of drug-likeness (QED) is 0.855. The van der Waals surface area contributed by atoms with Gasteiger partial charge in [0, 0.05) is 24.0 Å². The number of methoxy groups -OCH3 is 1. The van der Waals surface area contributed by atoms with Crippen LogP contribution in [0.1, 0.15) is 23.7 Å². The van der Waals surface area contributed by atoms with Gasteiger partial charge in [0.1, 0.15) is 5.75 Å². The smallest absolute Gasteiger partial charge is 0.254 e. The van der Waals surface area contributed by atoms with Crippen molar-refractivity contribution >= 4 is 29.1 Å². The average Bonchev–Trinajstić information content (AvgIpc) is 2.53. The molecule has 2 N–H and O–H groups in total. The second-order valence-electron chi connectivity index (χ2n) is 4.52. The molecule has 0 unspecified atom stereocenters. The van der Waals surface area contributed by atoms with Gasteiger partial charge in [-0.2, -0.15) is 0 Å². The summed E-state index contributed by atoms with van der Waals surface area (Å²) in [4.78, 5) is 20.0. The van der Waals surface area contributed by atoms with E-state index >= 15 is 0 Å². The molecule has 1 aromatic heterocycles. The van der Waals surface area contributed by atoms with E-state index in [1.54, 1.807) is 25.3 Å². The van der Waals surface area contributed by atoms with Crippen LogP contribution in [0.25, 0.3) is 0 Å². The molecule has 0 spiro atoms. The molecule has 6 nitrogen and oxygen atoms in total. The van der Waals surface area contributed by atoms with Crippen LogP contribution in [0.15, 0.2) is 30.6 Å². The van der Waals surface area contributed by atoms with Crippen LogP contribution in [0.3, 0.4) is 0 Å². The van der Waals surface area contributed by atoms with Crippen LogP contribution >= 0.6 is 11.6 Å². The molecule has 0 radical (unpaired) electrons. The molecule has 0 saturated carbocycles. The van der Waals surface area contributed by atoms with Gasteiger partial charge in [-0.1, -0.05) is 18.5 Å². The Kier molecular flexibility index (Phi) is 5.55. The van der Waals surface area contributed by atoms with E-state index in [-0.39, 0.29) is 5.91 Å². The summed E-state index contributed by atoms with van der Waals surface area (Å²) in [5, 5.41) is 6.35. The van der Waals surface area contributed by atoms with Crippen molar-refractivity contribution in [2.24, 2.45) is 0 Å². The predicted octanol–water partition coefficient (Wildman–Crippen LogP) is 3.02. The van der Waals surface area contributed by atoms with E-state index < -0.39 is 0 Å². The van der Waals surface area contributed by atoms with Gasteiger partial charge in [-0.15, -0.1) is 0 Å². The zero-order chi connectivity index (χ0) is 15.9. The van der Waals surface area contributed by atoms with Crippen molar-refractivity contribution in [2.45, 2.75) is 13.3 Å². The molecule has 0 aliphatic heterocycles. The minimum absolute atomic E-state index is 0.186. The number of ether oxygens (including phenoxy) is 1. The van der Waals surface area contributed by atoms with Crippen molar-refractivity contribution in [3.63, 3.8) is 0 Å². The van der Waals surface area contributed by atoms with Gasteiger partial charge in [0.25, 0.3) is 5.91 Å². The molecule has 1 heterocycles. The lowest BCUT2D eigenvalue weighted by Gasteiger charge is -2.10. The number of nitrogens with zero attached hydrogens (tertiary/aromatic N) is 2. The van der Waals surface area contributed by atoms with Gasteiger partial charge < -0.3 is 15.4 Å². The number of carbonyl (C=O) groups excluding carboxylic acids is 1. The minimum Gasteiger partial charge on any atom is -0.495 e. The van der Waals surface area contributed by atoms with Crippen molar-refractivity contribution in [3.8, 4) is 5.75 Å². The number of amides is 1. The van der Waals surface area contributed by atoms with E-state index in [9.17, 15) is 4.79 Å². The van der Waals surface area contributed by atoms with E-state index in [0.717, 1.165) is 6.42 Å². The Morgan fingerprint density at radius 3 is 2.68 bits per heavy atom. The lowest BCUT2D eigenvalue weighted by Crippen LogP contribution is -2.24. The fourth-order valence-corrected chi connectivity index (χ4v) is 1.92. The van der Waals surface area contributed by atoms with Crippen LogP contribution < -0.4 is 15.4 Å². The Morgan fingerprint density at radius 1 is 1.32 bits per heavy atom. The molecule has 116 valence electrons. The highest BCUT2D eigenvalue weighted by atomic mass is 35.5. The van der Waals surface area contributed by atoms with Crippen molar-refractivity contribution in [3.05, 3.63) is 41.2 Å². The standard InChI is InChI=1S/C15H17ClN4O2/c1-3-6-17-14(21)10-8-18-15(19-9-10)20-12-7-11(16)4-5-13(12)22-2/h4-5,7-9H,3,6H2,1-2H3,(H,17,21)(H,18,19,20). The fourth-order valence-electron chi connectivity index (χ4n) is 1.75. The fraction of sp³-hybridized carbons (Fsp3) is 0.267. The Labute approximate surface area is 133 Å². The highest BCUT2D eigenvalue weighted by Crippen LogP contribution is 2.29. The molecule has 2 aromatic rings. The number of nitrogens with one attached hydrogen (secondary N) is 2. The Balaban J connectivity index is 2.11. The molecule has 0 atom stereocenters. The van der Waals surface area contributed by atoms with Gasteiger partial charge in [0.2, 0.25) is 5.95 Å². The molecule has 0 bridgehead atoms. The second-order valence-corrected chi connectivity index (χ2v) is 4.96. The third-order valence-corrected chi connectivity index (χ3v) is 3.09. The SMILES string of the molecule is CCCNC(=O)c1cnc(Nc2cc(Cl)ccc2OC)nc1. The molecule has 0 aliphatic carbocycles. The van der Waals surface area contributed by atoms with E-state index in [1.165, 1.54) is 12.4 Å². The average molecular weight is 321 g/mol. The minimum atomic E-state index is -0.186. The maximum atomic E-state index is 11.8. The third-order valence-electron chi connectivity index (χ3n) is 2.86. The lowest BCUT2D eigenvalue weighted by molar-refractivity contribution is 0.0953. The van der Waals surface area contributed by atoms with Crippen LogP contribution in [0, 0.1) is 0 Å². The zero-order valence-corrected chi connectivity index (χ0v) is 13.1. The van der Waals surface area contributed by atoms with E-state index in [0.29, 0.717) is 34.5 Å². The summed E-state index contributed by atoms with van der Waals surface area (Å²) in [6, 6.07) is 5.19. The number of aromatic nitrogens is 2. The van der Waals surface area contributed by atoms with E-state index in [2.05, 4.69) is 20.6 Å². The van der Waals surface area contributed by atoms with Gasteiger partial charge >= 0.3 is 0 Å². The Morgan fingerprint density at radius 2 is 2.05 bits per heavy atom. The highest BCUT2D eigenvalue weighted by molar-refractivity contribution is 6.31. The summed E-state index contributed by atoms with van der Waals surface area (Å²) in [5.41, 5.74) is 1.07. The summed E-state index contributed by atoms with van der Waals surface area (Å²) < 4.78 is 5.24. The number of hydrogen-bond acceptors (Lipinski definition) is 5. The first-order valence-corrected chi connectivity index (χ1v) is 7.22. The zero-order valence-electron chi connectivity index (χ0n) is 12.4. The van der Waals surface area contributed by atoms with Gasteiger partial charge in [-0.05, 0) is 24.6 Å². The Hall–Kier alpha value is -2.34. The molecular weight excluding hydrogens is 304 g/mol. The first kappa shape index (κ1) is 16.0. The molecule has 0 saturated heterocycles. The van der Waals surface area contributed by atoms with Crippen LogP contribution in [0.4, 0.5) is 11.6 Å². The second kappa shape index (κ2) is 7.61. The maximum absolute atomic E-state index is 11.8. The molecule has 0 fully saturated rings. The van der Waals surface area contributed by atoms with Gasteiger partial charge in [-0.3, -0.25) is 4.79 Å². The molecule has 1 amide bonds. The van der Waals surface area contributed by atoms with Gasteiger partial charge in [-0.25, -0.2) is 9.97 Å². The molecule has 22 heavy (non-hydrogen) atoms. The number of hydrogen-bond donors (Lipinski definition) is 2. The summed E-state index contributed by atoms with van der Waals surface area (Å²) >= 11 is 5.97. The van der Waals surface area contributed by atoms with Crippen molar-refractivity contribution < 1.29 is 9.53 Å². The Bertz CT molecular complexity index is 646. The molecule has 7 heteroatoms. The van der Waals surface area contributed by atoms with Crippen LogP contribution in [-0.2, 0) is 0 Å². The topological polar surface area (TPSA) is 76.1 Å². The molecule has 1 aromatic carbocycles. The van der Waals surface area contributed by atoms with Gasteiger partial charge in [0.15, 0.2) is 0 Å². The monoisotopic (exact) mass is 320 g/mol. The summed E-state index contributed by atoms with van der Waals surface area (Å²) in [6.45, 7) is 2.61. The van der Waals surface area contributed by atoms with E-state index in [1.807, 2.05) is 6.92 Å². The molecule has 0 aliphatic rings. The molecule has 2 rings (SSSR count). The normalized spacial score (nSPS) is 10.1. The maximum Gasteiger partial charge on any atom is 0.254 e. The number of benzene rings is 1. The first-order chi connectivity index (χ1) is 10.6. The third kappa shape index (κ3) is 4.08. The van der Waals surface area contributed by atoms with Crippen molar-refractivity contribution in [1.82, 2.24) is 15.3 Å². The summed E-state index contributed by atoms with van der Waals surface area (Å²) in [5.74, 6) is 0.791. The largest absolute Gasteiger partial charge is 0.495 e. The highest BCUT2D eigenvalue weighted by Gasteiger charge is 2.08. The lowest BCUT2D eigenvalue weighted by atomic mass is 10.3. The molecular formula is C15H17ClN4O2. The number of halogens is 1. The van der Waals surface area contributed by atoms with Crippen LogP contribution in [-0.4, -0.2) is 29.5 Å². The van der Waals surface area contributed by atoms with Crippen LogP contribution in [0.2, 0.25) is 5.02 Å². The van der Waals surface area contributed by atoms with Crippen molar-refractivity contribution in [1.29, 1.82) is 0 Å². The first-order valence-electron chi connectivity index (χ1n) is 6.85. The number of carbonyl (C=O) groups is 1. The van der Waals surface area contributed by atoms with E-state index in [4.69, 9.17) is 16.3 Å². The van der Waals surface area contributed by atoms with Gasteiger partial charge in [0.05, 0.1) is 18.4 Å². The number of anilines is 2.